The third-order valence-electron chi connectivity index (χ3n) is 1.85. The van der Waals surface area contributed by atoms with E-state index in [4.69, 9.17) is 9.47 Å². The van der Waals surface area contributed by atoms with Crippen molar-refractivity contribution in [1.82, 2.24) is 5.32 Å². The Morgan fingerprint density at radius 2 is 1.88 bits per heavy atom. The van der Waals surface area contributed by atoms with E-state index in [2.05, 4.69) is 18.5 Å². The Hall–Kier alpha value is -1.62. The van der Waals surface area contributed by atoms with Crippen LogP contribution in [-0.4, -0.2) is 37.2 Å². The van der Waals surface area contributed by atoms with Crippen molar-refractivity contribution in [3.63, 3.8) is 0 Å². The average molecular weight is 241 g/mol. The summed E-state index contributed by atoms with van der Waals surface area (Å²) < 4.78 is 10.3. The van der Waals surface area contributed by atoms with Crippen LogP contribution in [0, 0.1) is 0 Å². The second-order valence-corrected chi connectivity index (χ2v) is 3.54. The van der Waals surface area contributed by atoms with Crippen molar-refractivity contribution in [2.45, 2.75) is 26.1 Å². The van der Waals surface area contributed by atoms with E-state index in [9.17, 15) is 9.59 Å². The zero-order valence-electron chi connectivity index (χ0n) is 10.3. The fourth-order valence-corrected chi connectivity index (χ4v) is 0.956. The van der Waals surface area contributed by atoms with E-state index in [1.807, 2.05) is 6.92 Å². The van der Waals surface area contributed by atoms with E-state index in [1.54, 1.807) is 6.92 Å². The molecule has 2 unspecified atom stereocenters. The first-order valence-electron chi connectivity index (χ1n) is 5.34. The molecule has 0 spiro atoms. The molecule has 0 heterocycles. The van der Waals surface area contributed by atoms with E-state index < -0.39 is 5.97 Å². The number of ether oxygens (including phenoxy) is 2. The van der Waals surface area contributed by atoms with E-state index in [0.717, 1.165) is 6.08 Å². The molecule has 1 N–H and O–H groups in total. The molecule has 0 bridgehead atoms. The zero-order chi connectivity index (χ0) is 13.3. The number of carbonyl (C=O) groups is 2. The Labute approximate surface area is 101 Å². The van der Waals surface area contributed by atoms with Gasteiger partial charge in [-0.1, -0.05) is 13.2 Å². The van der Waals surface area contributed by atoms with Crippen LogP contribution in [0.3, 0.4) is 0 Å². The molecule has 0 saturated carbocycles. The Morgan fingerprint density at radius 3 is 2.41 bits per heavy atom. The minimum Gasteiger partial charge on any atom is -0.457 e. The molecule has 2 atom stereocenters. The Kier molecular flexibility index (Phi) is 7.71. The SMILES string of the molecule is C=CC(=O)NCC(C)OCC(C)OC(=O)C=C. The van der Waals surface area contributed by atoms with Crippen LogP contribution in [0.4, 0.5) is 0 Å². The molecule has 0 rings (SSSR count). The number of carbonyl (C=O) groups excluding carboxylic acids is 2. The van der Waals surface area contributed by atoms with E-state index in [-0.39, 0.29) is 24.7 Å². The van der Waals surface area contributed by atoms with Crippen LogP contribution in [0.5, 0.6) is 0 Å². The maximum Gasteiger partial charge on any atom is 0.330 e. The monoisotopic (exact) mass is 241 g/mol. The first kappa shape index (κ1) is 15.4. The molecule has 0 aliphatic rings. The highest BCUT2D eigenvalue weighted by atomic mass is 16.6. The second-order valence-electron chi connectivity index (χ2n) is 3.54. The number of hydrogen-bond donors (Lipinski definition) is 1. The van der Waals surface area contributed by atoms with Crippen LogP contribution >= 0.6 is 0 Å². The molecule has 1 amide bonds. The van der Waals surface area contributed by atoms with Gasteiger partial charge in [0.05, 0.1) is 12.7 Å². The maximum atomic E-state index is 10.9. The normalized spacial score (nSPS) is 13.3. The summed E-state index contributed by atoms with van der Waals surface area (Å²) in [4.78, 5) is 21.7. The predicted molar refractivity (Wildman–Crippen MR) is 64.4 cm³/mol. The van der Waals surface area contributed by atoms with Gasteiger partial charge in [-0.05, 0) is 19.9 Å². The van der Waals surface area contributed by atoms with Crippen molar-refractivity contribution in [2.75, 3.05) is 13.2 Å². The number of esters is 1. The minimum atomic E-state index is -0.478. The molecule has 0 aliphatic heterocycles. The minimum absolute atomic E-state index is 0.163. The van der Waals surface area contributed by atoms with Crippen LogP contribution < -0.4 is 5.32 Å². The highest BCUT2D eigenvalue weighted by Gasteiger charge is 2.09. The average Bonchev–Trinajstić information content (AvgIpc) is 2.32. The first-order chi connectivity index (χ1) is 7.99. The summed E-state index contributed by atoms with van der Waals surface area (Å²) in [5, 5.41) is 2.60. The quantitative estimate of drug-likeness (QED) is 0.504. The van der Waals surface area contributed by atoms with Crippen molar-refractivity contribution in [3.05, 3.63) is 25.3 Å². The third kappa shape index (κ3) is 8.21. The lowest BCUT2D eigenvalue weighted by atomic mass is 10.3. The Morgan fingerprint density at radius 1 is 1.24 bits per heavy atom. The molecule has 0 aromatic heterocycles. The van der Waals surface area contributed by atoms with Gasteiger partial charge in [-0.15, -0.1) is 0 Å². The summed E-state index contributed by atoms with van der Waals surface area (Å²) >= 11 is 0. The lowest BCUT2D eigenvalue weighted by molar-refractivity contribution is -0.145. The van der Waals surface area contributed by atoms with Gasteiger partial charge in [0.1, 0.15) is 6.10 Å². The molecule has 0 fully saturated rings. The lowest BCUT2D eigenvalue weighted by Crippen LogP contribution is -2.32. The highest BCUT2D eigenvalue weighted by molar-refractivity contribution is 5.86. The summed E-state index contributed by atoms with van der Waals surface area (Å²) in [5.41, 5.74) is 0. The van der Waals surface area contributed by atoms with Gasteiger partial charge in [0.2, 0.25) is 5.91 Å². The molecule has 0 aliphatic carbocycles. The summed E-state index contributed by atoms with van der Waals surface area (Å²) in [7, 11) is 0. The second kappa shape index (κ2) is 8.52. The molecule has 17 heavy (non-hydrogen) atoms. The van der Waals surface area contributed by atoms with Gasteiger partial charge in [-0.25, -0.2) is 4.79 Å². The van der Waals surface area contributed by atoms with Crippen LogP contribution in [-0.2, 0) is 19.1 Å². The largest absolute Gasteiger partial charge is 0.457 e. The van der Waals surface area contributed by atoms with E-state index >= 15 is 0 Å². The van der Waals surface area contributed by atoms with E-state index in [0.29, 0.717) is 6.54 Å². The molecule has 5 heteroatoms. The van der Waals surface area contributed by atoms with Gasteiger partial charge in [0, 0.05) is 12.6 Å². The van der Waals surface area contributed by atoms with E-state index in [1.165, 1.54) is 6.08 Å². The fraction of sp³-hybridized carbons (Fsp3) is 0.500. The van der Waals surface area contributed by atoms with Crippen molar-refractivity contribution in [2.24, 2.45) is 0 Å². The lowest BCUT2D eigenvalue weighted by Gasteiger charge is -2.17. The molecule has 5 nitrogen and oxygen atoms in total. The number of rotatable bonds is 8. The van der Waals surface area contributed by atoms with Gasteiger partial charge in [-0.3, -0.25) is 4.79 Å². The highest BCUT2D eigenvalue weighted by Crippen LogP contribution is 1.97. The first-order valence-corrected chi connectivity index (χ1v) is 5.34. The fourth-order valence-electron chi connectivity index (χ4n) is 0.956. The third-order valence-corrected chi connectivity index (χ3v) is 1.85. The molecule has 0 aromatic rings. The Balaban J connectivity index is 3.71. The van der Waals surface area contributed by atoms with Crippen molar-refractivity contribution >= 4 is 11.9 Å². The van der Waals surface area contributed by atoms with Gasteiger partial charge in [0.15, 0.2) is 0 Å². The van der Waals surface area contributed by atoms with Crippen LogP contribution in [0.1, 0.15) is 13.8 Å². The van der Waals surface area contributed by atoms with Gasteiger partial charge in [0.25, 0.3) is 0 Å². The molecular formula is C12H19NO4. The van der Waals surface area contributed by atoms with Crippen molar-refractivity contribution in [3.8, 4) is 0 Å². The summed E-state index contributed by atoms with van der Waals surface area (Å²) in [6.07, 6.45) is 1.78. The number of nitrogens with one attached hydrogen (secondary N) is 1. The van der Waals surface area contributed by atoms with Gasteiger partial charge < -0.3 is 14.8 Å². The van der Waals surface area contributed by atoms with Gasteiger partial charge >= 0.3 is 5.97 Å². The van der Waals surface area contributed by atoms with Gasteiger partial charge in [-0.2, -0.15) is 0 Å². The Bertz CT molecular complexity index is 288. The summed E-state index contributed by atoms with van der Waals surface area (Å²) in [6.45, 7) is 10.8. The maximum absolute atomic E-state index is 10.9. The number of amides is 1. The summed E-state index contributed by atoms with van der Waals surface area (Å²) in [5.74, 6) is -0.722. The molecular weight excluding hydrogens is 222 g/mol. The summed E-state index contributed by atoms with van der Waals surface area (Å²) in [6, 6.07) is 0. The predicted octanol–water partition coefficient (Wildman–Crippen LogP) is 0.811. The number of hydrogen-bond acceptors (Lipinski definition) is 4. The molecule has 0 saturated heterocycles. The van der Waals surface area contributed by atoms with Crippen LogP contribution in [0.25, 0.3) is 0 Å². The topological polar surface area (TPSA) is 64.6 Å². The smallest absolute Gasteiger partial charge is 0.330 e. The van der Waals surface area contributed by atoms with Crippen molar-refractivity contribution < 1.29 is 19.1 Å². The van der Waals surface area contributed by atoms with Crippen LogP contribution in [0.2, 0.25) is 0 Å². The molecule has 0 aromatic carbocycles. The van der Waals surface area contributed by atoms with Crippen LogP contribution in [0.15, 0.2) is 25.3 Å². The molecule has 0 radical (unpaired) electrons. The molecule has 96 valence electrons. The standard InChI is InChI=1S/C12H19NO4/c1-5-11(14)13-7-9(3)16-8-10(4)17-12(15)6-2/h5-6,9-10H,1-2,7-8H2,3-4H3,(H,13,14). The van der Waals surface area contributed by atoms with Crippen molar-refractivity contribution in [1.29, 1.82) is 0 Å². The zero-order valence-corrected chi connectivity index (χ0v) is 10.3.